The summed E-state index contributed by atoms with van der Waals surface area (Å²) in [6.07, 6.45) is 0. The molecule has 5 nitrogen and oxygen atoms in total. The Labute approximate surface area is 144 Å². The molecule has 0 bridgehead atoms. The van der Waals surface area contributed by atoms with Crippen LogP contribution >= 0.6 is 0 Å². The van der Waals surface area contributed by atoms with Crippen molar-refractivity contribution in [2.75, 3.05) is 0 Å². The zero-order chi connectivity index (χ0) is 4.50. The average Bonchev–Trinajstić information content (AvgIpc) is 0.722. The molecular formula is H13AlFFeKMgO5Si. The third kappa shape index (κ3) is 151. The van der Waals surface area contributed by atoms with Gasteiger partial charge >= 0.3 is 83.5 Å². The molecular weight excluding hydrogens is 273 g/mol. The van der Waals surface area contributed by atoms with Gasteiger partial charge in [-0.15, -0.1) is 0 Å². The first-order valence-electron chi connectivity index (χ1n) is 0.894. The Kier molecular flexibility index (Phi) is 100. The summed E-state index contributed by atoms with van der Waals surface area (Å²) in [5.41, 5.74) is 0. The van der Waals surface area contributed by atoms with Crippen LogP contribution in [0.25, 0.3) is 0 Å². The number of hydrogen-bond acceptors (Lipinski definition) is 4. The van der Waals surface area contributed by atoms with Gasteiger partial charge in [0.25, 0.3) is 0 Å². The van der Waals surface area contributed by atoms with E-state index in [1.165, 1.54) is 0 Å². The van der Waals surface area contributed by atoms with Crippen molar-refractivity contribution in [3.63, 3.8) is 0 Å². The number of hydrogen-bond donors (Lipinski definition) is 4. The summed E-state index contributed by atoms with van der Waals surface area (Å²) in [5, 5.41) is 0. The SMILES string of the molecule is F.O.O[Si](O)(O)O.[AlH3].[Fe].[KH].[MgH2]. The molecule has 0 aliphatic carbocycles. The van der Waals surface area contributed by atoms with Gasteiger partial charge in [-0.05, 0) is 0 Å². The van der Waals surface area contributed by atoms with E-state index in [-0.39, 0.29) is 119 Å². The van der Waals surface area contributed by atoms with E-state index in [1.54, 1.807) is 0 Å². The Balaban J connectivity index is -0.00000000533. The molecule has 0 saturated carbocycles. The fraction of sp³-hybridized carbons (Fsp3) is 0. The molecule has 6 N–H and O–H groups in total. The van der Waals surface area contributed by atoms with E-state index < -0.39 is 9.05 Å². The molecule has 0 aromatic rings. The van der Waals surface area contributed by atoms with E-state index in [0.717, 1.165) is 0 Å². The summed E-state index contributed by atoms with van der Waals surface area (Å²) < 4.78 is 0. The van der Waals surface area contributed by atoms with Gasteiger partial charge in [0.05, 0.1) is 0 Å². The van der Waals surface area contributed by atoms with Crippen molar-refractivity contribution in [1.29, 1.82) is 0 Å². The standard InChI is InChI=1S/Al.FH.Fe.K.Mg.H4O4Si.H2O.6H/c;;;;;1-5(2,3)4;;;;;;;/h;1H;;;;1-4H;1H2;;;;;;. The largest absolute Gasteiger partial charge is 0.316 e. The third-order valence-corrected chi connectivity index (χ3v) is 0. The first kappa shape index (κ1) is 47.2. The van der Waals surface area contributed by atoms with E-state index in [0.29, 0.717) is 0 Å². The minimum atomic E-state index is -4.61. The zero-order valence-corrected chi connectivity index (χ0v) is 5.65. The second-order valence-corrected chi connectivity index (χ2v) is 1.80. The minimum Gasteiger partial charge on any atom is 0.316 e. The fourth-order valence-electron chi connectivity index (χ4n) is 0. The molecule has 0 aliphatic rings. The normalized spacial score (nSPS) is 5.45. The molecule has 0 heterocycles. The molecule has 0 unspecified atom stereocenters. The molecule has 0 radical (unpaired) electrons. The van der Waals surface area contributed by atoms with E-state index in [2.05, 4.69) is 0 Å². The first-order chi connectivity index (χ1) is 2.00. The molecule has 0 aliphatic heterocycles. The van der Waals surface area contributed by atoms with Crippen molar-refractivity contribution in [2.24, 2.45) is 0 Å². The molecule has 0 aromatic carbocycles. The summed E-state index contributed by atoms with van der Waals surface area (Å²) in [4.78, 5) is 29.3. The molecule has 11 heavy (non-hydrogen) atoms. The molecule has 0 rings (SSSR count). The van der Waals surface area contributed by atoms with E-state index in [1.807, 2.05) is 0 Å². The topological polar surface area (TPSA) is 112 Å². The van der Waals surface area contributed by atoms with E-state index >= 15 is 0 Å². The Hall–Kier alpha value is 3.40. The molecule has 68 valence electrons. The summed E-state index contributed by atoms with van der Waals surface area (Å²) in [7, 11) is -4.61. The van der Waals surface area contributed by atoms with Gasteiger partial charge in [-0.2, -0.15) is 0 Å². The van der Waals surface area contributed by atoms with Crippen LogP contribution in [0, 0.1) is 0 Å². The van der Waals surface area contributed by atoms with Crippen molar-refractivity contribution >= 4 is 101 Å². The maximum atomic E-state index is 7.33. The Morgan fingerprint density at radius 3 is 0.909 bits per heavy atom. The Morgan fingerprint density at radius 1 is 0.909 bits per heavy atom. The molecule has 0 aromatic heterocycles. The van der Waals surface area contributed by atoms with Gasteiger partial charge in [0.2, 0.25) is 0 Å². The molecule has 0 atom stereocenters. The van der Waals surface area contributed by atoms with E-state index in [4.69, 9.17) is 19.2 Å². The first-order valence-corrected chi connectivity index (χ1v) is 2.68. The summed E-state index contributed by atoms with van der Waals surface area (Å²) in [6.45, 7) is 0. The fourth-order valence-corrected chi connectivity index (χ4v) is 0. The summed E-state index contributed by atoms with van der Waals surface area (Å²) in [5.74, 6) is 0. The van der Waals surface area contributed by atoms with Crippen LogP contribution in [0.15, 0.2) is 0 Å². The van der Waals surface area contributed by atoms with Crippen LogP contribution < -0.4 is 0 Å². The van der Waals surface area contributed by atoms with Crippen LogP contribution in [0.2, 0.25) is 0 Å². The van der Waals surface area contributed by atoms with Crippen LogP contribution in [-0.4, -0.2) is 126 Å². The molecule has 0 fully saturated rings. The number of rotatable bonds is 0. The predicted molar refractivity (Wildman–Crippen MR) is 46.4 cm³/mol. The maximum absolute atomic E-state index is 7.33. The Bertz CT molecular complexity index is 42.0. The van der Waals surface area contributed by atoms with Gasteiger partial charge in [0, 0.05) is 17.1 Å². The maximum Gasteiger partial charge on any atom is 0.316 e. The van der Waals surface area contributed by atoms with Crippen LogP contribution in [0.4, 0.5) is 4.70 Å². The molecule has 0 saturated heterocycles. The van der Waals surface area contributed by atoms with Gasteiger partial charge in [-0.3, -0.25) is 4.70 Å². The molecule has 11 heteroatoms. The molecule has 0 spiro atoms. The Morgan fingerprint density at radius 2 is 0.909 bits per heavy atom. The monoisotopic (exact) mass is 286 g/mol. The van der Waals surface area contributed by atoms with Gasteiger partial charge in [-0.25, -0.2) is 0 Å². The third-order valence-electron chi connectivity index (χ3n) is 0. The van der Waals surface area contributed by atoms with Crippen LogP contribution in [0.3, 0.4) is 0 Å². The van der Waals surface area contributed by atoms with E-state index in [9.17, 15) is 0 Å². The smallest absolute Gasteiger partial charge is 0.316 e. The van der Waals surface area contributed by atoms with Crippen LogP contribution in [0.1, 0.15) is 0 Å². The number of halogens is 1. The van der Waals surface area contributed by atoms with Crippen LogP contribution in [-0.2, 0) is 17.1 Å². The van der Waals surface area contributed by atoms with Crippen molar-refractivity contribution < 1.29 is 46.4 Å². The van der Waals surface area contributed by atoms with Crippen molar-refractivity contribution in [1.82, 2.24) is 0 Å². The quantitative estimate of drug-likeness (QED) is 0.332. The van der Waals surface area contributed by atoms with Gasteiger partial charge < -0.3 is 24.7 Å². The van der Waals surface area contributed by atoms with Crippen molar-refractivity contribution in [3.05, 3.63) is 0 Å². The van der Waals surface area contributed by atoms with Crippen molar-refractivity contribution in [3.8, 4) is 0 Å². The summed E-state index contributed by atoms with van der Waals surface area (Å²) >= 11 is 0. The second-order valence-electron chi connectivity index (χ2n) is 0.600. The summed E-state index contributed by atoms with van der Waals surface area (Å²) in [6, 6.07) is 0. The minimum absolute atomic E-state index is 0. The zero-order valence-electron chi connectivity index (χ0n) is 3.55. The average molecular weight is 286 g/mol. The van der Waals surface area contributed by atoms with Crippen molar-refractivity contribution in [2.45, 2.75) is 0 Å². The predicted octanol–water partition coefficient (Wildman–Crippen LogP) is -6.03. The van der Waals surface area contributed by atoms with Crippen LogP contribution in [0.5, 0.6) is 0 Å². The van der Waals surface area contributed by atoms with Gasteiger partial charge in [0.15, 0.2) is 17.4 Å². The van der Waals surface area contributed by atoms with Gasteiger partial charge in [0.1, 0.15) is 0 Å². The second kappa shape index (κ2) is 23.3. The molecule has 0 amide bonds. The van der Waals surface area contributed by atoms with Gasteiger partial charge in [-0.1, -0.05) is 0 Å².